The summed E-state index contributed by atoms with van der Waals surface area (Å²) in [7, 11) is 0. The number of carbonyl (C=O) groups excluding carboxylic acids is 1. The molecule has 1 N–H and O–H groups in total. The average Bonchev–Trinajstić information content (AvgIpc) is 2.51. The molecule has 0 spiro atoms. The molecule has 23 heavy (non-hydrogen) atoms. The molecule has 0 saturated carbocycles. The van der Waals surface area contributed by atoms with Crippen molar-refractivity contribution in [3.8, 4) is 6.07 Å². The van der Waals surface area contributed by atoms with Crippen molar-refractivity contribution in [3.63, 3.8) is 0 Å². The number of hydrogen-bond acceptors (Lipinski definition) is 3. The minimum absolute atomic E-state index is 0.111. The number of nitrogens with one attached hydrogen (secondary N) is 1. The van der Waals surface area contributed by atoms with Gasteiger partial charge >= 0.3 is 0 Å². The highest BCUT2D eigenvalue weighted by Gasteiger charge is 2.12. The van der Waals surface area contributed by atoms with Gasteiger partial charge in [0.25, 0.3) is 0 Å². The maximum Gasteiger partial charge on any atom is 0.238 e. The van der Waals surface area contributed by atoms with Gasteiger partial charge in [-0.15, -0.1) is 0 Å². The second kappa shape index (κ2) is 8.65. The molecular weight excluding hydrogens is 401 g/mol. The van der Waals surface area contributed by atoms with Crippen LogP contribution in [0.5, 0.6) is 0 Å². The summed E-state index contributed by atoms with van der Waals surface area (Å²) in [6.07, 6.45) is 0. The average molecular weight is 419 g/mol. The first kappa shape index (κ1) is 17.4. The largest absolute Gasteiger partial charge is 0.325 e. The number of halogens is 1. The van der Waals surface area contributed by atoms with E-state index in [0.29, 0.717) is 6.54 Å². The zero-order valence-corrected chi connectivity index (χ0v) is 15.1. The lowest BCUT2D eigenvalue weighted by Gasteiger charge is -2.19. The van der Waals surface area contributed by atoms with Gasteiger partial charge in [0.2, 0.25) is 5.91 Å². The molecule has 2 aromatic rings. The summed E-state index contributed by atoms with van der Waals surface area (Å²) in [4.78, 5) is 14.1. The molecule has 0 bridgehead atoms. The molecule has 0 heterocycles. The van der Waals surface area contributed by atoms with Gasteiger partial charge in [0.05, 0.1) is 19.2 Å². The Kier molecular flexibility index (Phi) is 6.56. The first-order chi connectivity index (χ1) is 11.1. The monoisotopic (exact) mass is 419 g/mol. The maximum atomic E-state index is 12.3. The van der Waals surface area contributed by atoms with E-state index in [1.165, 1.54) is 0 Å². The topological polar surface area (TPSA) is 56.1 Å². The van der Waals surface area contributed by atoms with Crippen LogP contribution in [0, 0.1) is 21.8 Å². The number of rotatable bonds is 6. The quantitative estimate of drug-likeness (QED) is 0.576. The minimum Gasteiger partial charge on any atom is -0.325 e. The van der Waals surface area contributed by atoms with Gasteiger partial charge < -0.3 is 5.32 Å². The first-order valence-corrected chi connectivity index (χ1v) is 8.35. The standard InChI is InChI=1S/C18H18IN3O/c1-14-11-16(19)7-8-17(14)21-18(23)13-22(10-9-20)12-15-5-3-2-4-6-15/h2-8,11H,10,12-13H2,1H3,(H,21,23). The van der Waals surface area contributed by atoms with E-state index in [1.807, 2.05) is 60.4 Å². The molecule has 0 aromatic heterocycles. The molecule has 0 saturated heterocycles. The Morgan fingerprint density at radius 1 is 1.26 bits per heavy atom. The highest BCUT2D eigenvalue weighted by molar-refractivity contribution is 14.1. The third-order valence-electron chi connectivity index (χ3n) is 3.37. The van der Waals surface area contributed by atoms with E-state index in [0.717, 1.165) is 20.4 Å². The summed E-state index contributed by atoms with van der Waals surface area (Å²) >= 11 is 2.24. The van der Waals surface area contributed by atoms with Gasteiger partial charge in [-0.1, -0.05) is 30.3 Å². The van der Waals surface area contributed by atoms with E-state index in [-0.39, 0.29) is 19.0 Å². The van der Waals surface area contributed by atoms with Crippen molar-refractivity contribution in [2.24, 2.45) is 0 Å². The molecule has 0 aliphatic heterocycles. The minimum atomic E-state index is -0.111. The fourth-order valence-corrected chi connectivity index (χ4v) is 2.92. The molecule has 5 heteroatoms. The number of nitrogens with zero attached hydrogens (tertiary/aromatic N) is 2. The second-order valence-electron chi connectivity index (χ2n) is 5.30. The molecule has 2 rings (SSSR count). The number of benzene rings is 2. The number of anilines is 1. The molecule has 0 aliphatic carbocycles. The summed E-state index contributed by atoms with van der Waals surface area (Å²) in [6, 6.07) is 17.8. The molecule has 4 nitrogen and oxygen atoms in total. The predicted molar refractivity (Wildman–Crippen MR) is 99.9 cm³/mol. The third kappa shape index (κ3) is 5.66. The zero-order chi connectivity index (χ0) is 16.7. The number of amides is 1. The van der Waals surface area contributed by atoms with Gasteiger partial charge in [0.1, 0.15) is 0 Å². The van der Waals surface area contributed by atoms with Crippen LogP contribution in [-0.4, -0.2) is 23.9 Å². The Labute approximate surface area is 150 Å². The van der Waals surface area contributed by atoms with E-state index >= 15 is 0 Å². The normalized spacial score (nSPS) is 10.3. The maximum absolute atomic E-state index is 12.3. The smallest absolute Gasteiger partial charge is 0.238 e. The lowest BCUT2D eigenvalue weighted by atomic mass is 10.2. The molecule has 1 amide bonds. The number of nitriles is 1. The number of carbonyl (C=O) groups is 1. The van der Waals surface area contributed by atoms with Gasteiger partial charge in [0.15, 0.2) is 0 Å². The Morgan fingerprint density at radius 2 is 2.00 bits per heavy atom. The van der Waals surface area contributed by atoms with E-state index in [1.54, 1.807) is 0 Å². The molecule has 118 valence electrons. The van der Waals surface area contributed by atoms with Crippen LogP contribution in [0.15, 0.2) is 48.5 Å². The fourth-order valence-electron chi connectivity index (χ4n) is 2.27. The zero-order valence-electron chi connectivity index (χ0n) is 12.9. The molecule has 0 radical (unpaired) electrons. The molecule has 0 unspecified atom stereocenters. The van der Waals surface area contributed by atoms with Gasteiger partial charge in [-0.05, 0) is 58.8 Å². The van der Waals surface area contributed by atoms with Crippen LogP contribution < -0.4 is 5.32 Å². The number of aryl methyl sites for hydroxylation is 1. The van der Waals surface area contributed by atoms with Crippen molar-refractivity contribution in [2.75, 3.05) is 18.4 Å². The van der Waals surface area contributed by atoms with E-state index in [2.05, 4.69) is 34.0 Å². The SMILES string of the molecule is Cc1cc(I)ccc1NC(=O)CN(CC#N)Cc1ccccc1. The van der Waals surface area contributed by atoms with Crippen LogP contribution in [0.1, 0.15) is 11.1 Å². The Balaban J connectivity index is 1.99. The highest BCUT2D eigenvalue weighted by atomic mass is 127. The van der Waals surface area contributed by atoms with Gasteiger partial charge in [-0.25, -0.2) is 0 Å². The summed E-state index contributed by atoms with van der Waals surface area (Å²) in [5.74, 6) is -0.111. The molecule has 2 aromatic carbocycles. The van der Waals surface area contributed by atoms with Crippen LogP contribution in [0.3, 0.4) is 0 Å². The highest BCUT2D eigenvalue weighted by Crippen LogP contribution is 2.17. The van der Waals surface area contributed by atoms with Crippen molar-refractivity contribution in [1.82, 2.24) is 4.90 Å². The van der Waals surface area contributed by atoms with Crippen molar-refractivity contribution in [1.29, 1.82) is 5.26 Å². The van der Waals surface area contributed by atoms with Crippen molar-refractivity contribution in [2.45, 2.75) is 13.5 Å². The van der Waals surface area contributed by atoms with Crippen molar-refractivity contribution in [3.05, 3.63) is 63.2 Å². The second-order valence-corrected chi connectivity index (χ2v) is 6.54. The molecule has 0 aliphatic rings. The van der Waals surface area contributed by atoms with Crippen LogP contribution in [0.2, 0.25) is 0 Å². The van der Waals surface area contributed by atoms with Crippen LogP contribution >= 0.6 is 22.6 Å². The molecule has 0 fully saturated rings. The van der Waals surface area contributed by atoms with Crippen molar-refractivity contribution >= 4 is 34.2 Å². The van der Waals surface area contributed by atoms with E-state index in [9.17, 15) is 4.79 Å². The Hall–Kier alpha value is -1.91. The summed E-state index contributed by atoms with van der Waals surface area (Å²) in [5.41, 5.74) is 2.92. The first-order valence-electron chi connectivity index (χ1n) is 7.27. The molecule has 0 atom stereocenters. The predicted octanol–water partition coefficient (Wildman–Crippen LogP) is 3.56. The summed E-state index contributed by atoms with van der Waals surface area (Å²) in [5, 5.41) is 11.9. The molecular formula is C18H18IN3O. The lowest BCUT2D eigenvalue weighted by molar-refractivity contribution is -0.117. The van der Waals surface area contributed by atoms with Crippen LogP contribution in [0.25, 0.3) is 0 Å². The Morgan fingerprint density at radius 3 is 2.65 bits per heavy atom. The van der Waals surface area contributed by atoms with E-state index in [4.69, 9.17) is 5.26 Å². The van der Waals surface area contributed by atoms with Gasteiger partial charge in [0, 0.05) is 15.8 Å². The Bertz CT molecular complexity index is 710. The van der Waals surface area contributed by atoms with Crippen LogP contribution in [-0.2, 0) is 11.3 Å². The number of hydrogen-bond donors (Lipinski definition) is 1. The lowest BCUT2D eigenvalue weighted by Crippen LogP contribution is -2.33. The summed E-state index contributed by atoms with van der Waals surface area (Å²) in [6.45, 7) is 2.95. The van der Waals surface area contributed by atoms with Crippen LogP contribution in [0.4, 0.5) is 5.69 Å². The third-order valence-corrected chi connectivity index (χ3v) is 4.04. The van der Waals surface area contributed by atoms with E-state index < -0.39 is 0 Å². The summed E-state index contributed by atoms with van der Waals surface area (Å²) < 4.78 is 1.13. The van der Waals surface area contributed by atoms with Crippen molar-refractivity contribution < 1.29 is 4.79 Å². The van der Waals surface area contributed by atoms with Gasteiger partial charge in [-0.3, -0.25) is 9.69 Å². The van der Waals surface area contributed by atoms with Gasteiger partial charge in [-0.2, -0.15) is 5.26 Å². The fraction of sp³-hybridized carbons (Fsp3) is 0.222.